The largest absolute Gasteiger partial charge is 0.503 e. The molecule has 30 heavy (non-hydrogen) atoms. The first-order valence-corrected chi connectivity index (χ1v) is 10.1. The first-order chi connectivity index (χ1) is 14.5. The molecule has 0 aliphatic carbocycles. The Hall–Kier alpha value is -3.24. The molecule has 152 valence electrons. The number of benzene rings is 3. The van der Waals surface area contributed by atoms with Crippen LogP contribution in [0.4, 0.5) is 0 Å². The van der Waals surface area contributed by atoms with Crippen molar-refractivity contribution in [3.63, 3.8) is 0 Å². The number of aliphatic hydroxyl groups is 1. The van der Waals surface area contributed by atoms with Crippen LogP contribution in [0.15, 0.2) is 78.6 Å². The zero-order valence-electron chi connectivity index (χ0n) is 16.8. The summed E-state index contributed by atoms with van der Waals surface area (Å²) in [5, 5.41) is 11.5. The van der Waals surface area contributed by atoms with Crippen molar-refractivity contribution < 1.29 is 14.6 Å². The lowest BCUT2D eigenvalue weighted by atomic mass is 9.93. The Morgan fingerprint density at radius 3 is 2.20 bits per heavy atom. The van der Waals surface area contributed by atoms with Crippen molar-refractivity contribution in [3.05, 3.63) is 106 Å². The van der Waals surface area contributed by atoms with Crippen LogP contribution in [0.1, 0.15) is 28.3 Å². The van der Waals surface area contributed by atoms with E-state index in [2.05, 4.69) is 0 Å². The molecule has 1 aliphatic rings. The van der Waals surface area contributed by atoms with Crippen LogP contribution in [0, 0.1) is 6.92 Å². The van der Waals surface area contributed by atoms with E-state index in [1.165, 1.54) is 0 Å². The zero-order valence-corrected chi connectivity index (χ0v) is 17.6. The van der Waals surface area contributed by atoms with E-state index in [1.54, 1.807) is 24.1 Å². The fourth-order valence-corrected chi connectivity index (χ4v) is 3.89. The minimum absolute atomic E-state index is 0.229. The summed E-state index contributed by atoms with van der Waals surface area (Å²) in [4.78, 5) is 14.8. The van der Waals surface area contributed by atoms with Crippen molar-refractivity contribution in [2.75, 3.05) is 7.11 Å². The first kappa shape index (κ1) is 20.0. The maximum Gasteiger partial charge on any atom is 0.290 e. The van der Waals surface area contributed by atoms with Crippen LogP contribution >= 0.6 is 11.6 Å². The van der Waals surface area contributed by atoms with Gasteiger partial charge in [-0.1, -0.05) is 65.7 Å². The molecular formula is C25H22ClNO3. The fraction of sp³-hybridized carbons (Fsp3) is 0.160. The highest BCUT2D eigenvalue weighted by molar-refractivity contribution is 6.30. The Balaban J connectivity index is 1.79. The fourth-order valence-electron chi connectivity index (χ4n) is 3.76. The van der Waals surface area contributed by atoms with Gasteiger partial charge < -0.3 is 14.7 Å². The third kappa shape index (κ3) is 3.79. The van der Waals surface area contributed by atoms with Gasteiger partial charge in [-0.05, 0) is 47.9 Å². The molecular weight excluding hydrogens is 398 g/mol. The number of ether oxygens (including phenoxy) is 1. The van der Waals surface area contributed by atoms with E-state index < -0.39 is 6.04 Å². The quantitative estimate of drug-likeness (QED) is 0.576. The summed E-state index contributed by atoms with van der Waals surface area (Å²) in [6.45, 7) is 2.41. The van der Waals surface area contributed by atoms with Crippen molar-refractivity contribution in [1.82, 2.24) is 4.90 Å². The number of methoxy groups -OCH3 is 1. The molecule has 0 aromatic heterocycles. The Kier molecular flexibility index (Phi) is 5.51. The van der Waals surface area contributed by atoms with Crippen LogP contribution in [-0.2, 0) is 11.3 Å². The molecule has 3 aromatic rings. The molecule has 1 amide bonds. The highest BCUT2D eigenvalue weighted by Crippen LogP contribution is 2.44. The van der Waals surface area contributed by atoms with Gasteiger partial charge >= 0.3 is 0 Å². The summed E-state index contributed by atoms with van der Waals surface area (Å²) < 4.78 is 5.24. The van der Waals surface area contributed by atoms with E-state index in [4.69, 9.17) is 16.3 Å². The van der Waals surface area contributed by atoms with Gasteiger partial charge in [0.25, 0.3) is 5.91 Å². The maximum absolute atomic E-state index is 13.1. The van der Waals surface area contributed by atoms with E-state index in [1.807, 2.05) is 67.6 Å². The van der Waals surface area contributed by atoms with E-state index in [9.17, 15) is 9.90 Å². The van der Waals surface area contributed by atoms with Gasteiger partial charge in [0, 0.05) is 17.1 Å². The van der Waals surface area contributed by atoms with Crippen LogP contribution in [-0.4, -0.2) is 23.0 Å². The Bertz CT molecular complexity index is 1090. The summed E-state index contributed by atoms with van der Waals surface area (Å²) in [6, 6.07) is 22.4. The molecule has 4 rings (SSSR count). The van der Waals surface area contributed by atoms with Crippen molar-refractivity contribution in [2.24, 2.45) is 0 Å². The predicted molar refractivity (Wildman–Crippen MR) is 118 cm³/mol. The van der Waals surface area contributed by atoms with Gasteiger partial charge in [-0.2, -0.15) is 0 Å². The summed E-state index contributed by atoms with van der Waals surface area (Å²) in [5.41, 5.74) is 4.39. The molecule has 0 saturated heterocycles. The molecule has 0 radical (unpaired) electrons. The Morgan fingerprint density at radius 2 is 1.60 bits per heavy atom. The molecule has 1 heterocycles. The Labute approximate surface area is 181 Å². The average molecular weight is 420 g/mol. The van der Waals surface area contributed by atoms with Gasteiger partial charge in [0.15, 0.2) is 5.76 Å². The van der Waals surface area contributed by atoms with E-state index >= 15 is 0 Å². The minimum atomic E-state index is -0.426. The molecule has 0 spiro atoms. The lowest BCUT2D eigenvalue weighted by molar-refractivity contribution is -0.130. The second-order valence-electron chi connectivity index (χ2n) is 7.36. The molecule has 0 fully saturated rings. The van der Waals surface area contributed by atoms with Crippen LogP contribution in [0.2, 0.25) is 5.02 Å². The van der Waals surface area contributed by atoms with Crippen LogP contribution < -0.4 is 4.74 Å². The van der Waals surface area contributed by atoms with Crippen LogP contribution in [0.5, 0.6) is 5.75 Å². The van der Waals surface area contributed by atoms with Gasteiger partial charge in [-0.25, -0.2) is 0 Å². The lowest BCUT2D eigenvalue weighted by Gasteiger charge is -2.27. The van der Waals surface area contributed by atoms with Crippen molar-refractivity contribution >= 4 is 23.1 Å². The van der Waals surface area contributed by atoms with Crippen LogP contribution in [0.3, 0.4) is 0 Å². The zero-order chi connectivity index (χ0) is 21.3. The SMILES string of the molecule is COc1ccc(C2=C(O)C(=O)N(Cc3ccc(C)cc3)C2c2ccc(Cl)cc2)cc1. The average Bonchev–Trinajstić information content (AvgIpc) is 3.01. The topological polar surface area (TPSA) is 49.8 Å². The number of amides is 1. The molecule has 0 bridgehead atoms. The highest BCUT2D eigenvalue weighted by Gasteiger charge is 2.40. The summed E-state index contributed by atoms with van der Waals surface area (Å²) in [5.74, 6) is 0.0938. The first-order valence-electron chi connectivity index (χ1n) is 9.67. The smallest absolute Gasteiger partial charge is 0.290 e. The standard InChI is InChI=1S/C25H22ClNO3/c1-16-3-5-17(6-4-16)15-27-23(19-7-11-20(26)12-8-19)22(24(28)25(27)29)18-9-13-21(30-2)14-10-18/h3-14,23,28H,15H2,1-2H3. The van der Waals surface area contributed by atoms with E-state index in [0.29, 0.717) is 22.9 Å². The van der Waals surface area contributed by atoms with Gasteiger partial charge in [-0.15, -0.1) is 0 Å². The summed E-state index contributed by atoms with van der Waals surface area (Å²) in [6.07, 6.45) is 0. The second-order valence-corrected chi connectivity index (χ2v) is 7.80. The molecule has 1 N–H and O–H groups in total. The third-order valence-electron chi connectivity index (χ3n) is 5.36. The van der Waals surface area contributed by atoms with Gasteiger partial charge in [0.1, 0.15) is 5.75 Å². The molecule has 1 unspecified atom stereocenters. The van der Waals surface area contributed by atoms with E-state index in [0.717, 1.165) is 22.3 Å². The van der Waals surface area contributed by atoms with Gasteiger partial charge in [-0.3, -0.25) is 4.79 Å². The molecule has 0 saturated carbocycles. The van der Waals surface area contributed by atoms with Crippen LogP contribution in [0.25, 0.3) is 5.57 Å². The normalized spacial score (nSPS) is 16.3. The molecule has 1 aliphatic heterocycles. The monoisotopic (exact) mass is 419 g/mol. The number of carbonyl (C=O) groups is 1. The van der Waals surface area contributed by atoms with E-state index in [-0.39, 0.29) is 11.7 Å². The molecule has 5 heteroatoms. The number of halogens is 1. The van der Waals surface area contributed by atoms with Crippen molar-refractivity contribution in [1.29, 1.82) is 0 Å². The summed E-state index contributed by atoms with van der Waals surface area (Å²) in [7, 11) is 1.60. The summed E-state index contributed by atoms with van der Waals surface area (Å²) >= 11 is 6.09. The van der Waals surface area contributed by atoms with Gasteiger partial charge in [0.2, 0.25) is 0 Å². The predicted octanol–water partition coefficient (Wildman–Crippen LogP) is 5.71. The number of hydrogen-bond donors (Lipinski definition) is 1. The number of hydrogen-bond acceptors (Lipinski definition) is 3. The minimum Gasteiger partial charge on any atom is -0.503 e. The third-order valence-corrected chi connectivity index (χ3v) is 5.62. The Morgan fingerprint density at radius 1 is 0.967 bits per heavy atom. The van der Waals surface area contributed by atoms with Gasteiger partial charge in [0.05, 0.1) is 13.2 Å². The maximum atomic E-state index is 13.1. The number of aryl methyl sites for hydroxylation is 1. The molecule has 4 nitrogen and oxygen atoms in total. The number of rotatable bonds is 5. The lowest BCUT2D eigenvalue weighted by Crippen LogP contribution is -2.29. The highest BCUT2D eigenvalue weighted by atomic mass is 35.5. The molecule has 1 atom stereocenters. The number of nitrogens with zero attached hydrogens (tertiary/aromatic N) is 1. The van der Waals surface area contributed by atoms with Crippen molar-refractivity contribution in [3.8, 4) is 5.75 Å². The van der Waals surface area contributed by atoms with Crippen molar-refractivity contribution in [2.45, 2.75) is 19.5 Å². The second kappa shape index (κ2) is 8.25. The molecule has 3 aromatic carbocycles. The number of aliphatic hydroxyl groups excluding tert-OH is 1. The number of carbonyl (C=O) groups excluding carboxylic acids is 1.